The first kappa shape index (κ1) is 12.8. The third-order valence-electron chi connectivity index (χ3n) is 3.86. The molecule has 0 saturated carbocycles. The molecule has 0 unspecified atom stereocenters. The molecule has 1 fully saturated rings. The highest BCUT2D eigenvalue weighted by Gasteiger charge is 2.19. The van der Waals surface area contributed by atoms with Gasteiger partial charge in [-0.05, 0) is 24.6 Å². The smallest absolute Gasteiger partial charge is 0.142 e. The number of anilines is 1. The third-order valence-corrected chi connectivity index (χ3v) is 3.86. The average Bonchev–Trinajstić information content (AvgIpc) is 2.46. The minimum atomic E-state index is 0.791. The van der Waals surface area contributed by atoms with Gasteiger partial charge in [-0.3, -0.25) is 4.90 Å². The SMILES string of the molecule is Cc1ccc2c(c1)N(CCN1CCOCC1)CCO2. The lowest BCUT2D eigenvalue weighted by Crippen LogP contribution is -2.43. The molecule has 3 rings (SSSR count). The molecule has 4 nitrogen and oxygen atoms in total. The van der Waals surface area contributed by atoms with E-state index in [1.807, 2.05) is 0 Å². The molecule has 0 spiro atoms. The van der Waals surface area contributed by atoms with Gasteiger partial charge in [0.05, 0.1) is 25.4 Å². The van der Waals surface area contributed by atoms with E-state index in [9.17, 15) is 0 Å². The van der Waals surface area contributed by atoms with Crippen molar-refractivity contribution in [2.45, 2.75) is 6.92 Å². The Labute approximate surface area is 114 Å². The normalized spacial score (nSPS) is 19.9. The van der Waals surface area contributed by atoms with Gasteiger partial charge in [0.2, 0.25) is 0 Å². The lowest BCUT2D eigenvalue weighted by atomic mass is 10.1. The van der Waals surface area contributed by atoms with E-state index in [0.717, 1.165) is 58.3 Å². The molecule has 104 valence electrons. The Balaban J connectivity index is 1.64. The molecule has 2 aliphatic rings. The van der Waals surface area contributed by atoms with Gasteiger partial charge in [-0.2, -0.15) is 0 Å². The first-order chi connectivity index (χ1) is 9.33. The van der Waals surface area contributed by atoms with Gasteiger partial charge in [0.25, 0.3) is 0 Å². The van der Waals surface area contributed by atoms with E-state index in [1.165, 1.54) is 11.3 Å². The van der Waals surface area contributed by atoms with Crippen molar-refractivity contribution in [2.75, 3.05) is 57.4 Å². The fourth-order valence-corrected chi connectivity index (χ4v) is 2.70. The van der Waals surface area contributed by atoms with Crippen LogP contribution >= 0.6 is 0 Å². The van der Waals surface area contributed by atoms with Gasteiger partial charge in [0.1, 0.15) is 12.4 Å². The van der Waals surface area contributed by atoms with Crippen LogP contribution in [-0.4, -0.2) is 57.4 Å². The van der Waals surface area contributed by atoms with Crippen LogP contribution < -0.4 is 9.64 Å². The highest BCUT2D eigenvalue weighted by Crippen LogP contribution is 2.32. The van der Waals surface area contributed by atoms with Crippen LogP contribution in [0.3, 0.4) is 0 Å². The van der Waals surface area contributed by atoms with Crippen molar-refractivity contribution in [3.8, 4) is 5.75 Å². The molecule has 0 atom stereocenters. The van der Waals surface area contributed by atoms with Gasteiger partial charge in [0.15, 0.2) is 0 Å². The van der Waals surface area contributed by atoms with E-state index in [0.29, 0.717) is 0 Å². The van der Waals surface area contributed by atoms with E-state index >= 15 is 0 Å². The van der Waals surface area contributed by atoms with Crippen LogP contribution in [0.5, 0.6) is 5.75 Å². The van der Waals surface area contributed by atoms with Crippen LogP contribution in [0.2, 0.25) is 0 Å². The number of hydrogen-bond donors (Lipinski definition) is 0. The zero-order valence-corrected chi connectivity index (χ0v) is 11.6. The summed E-state index contributed by atoms with van der Waals surface area (Å²) >= 11 is 0. The molecule has 1 aromatic carbocycles. The Morgan fingerprint density at radius 1 is 1.05 bits per heavy atom. The van der Waals surface area contributed by atoms with Crippen molar-refractivity contribution in [3.05, 3.63) is 23.8 Å². The van der Waals surface area contributed by atoms with E-state index in [4.69, 9.17) is 9.47 Å². The highest BCUT2D eigenvalue weighted by molar-refractivity contribution is 5.61. The standard InChI is InChI=1S/C15H22N2O2/c1-13-2-3-15-14(12-13)17(8-11-19-15)5-4-16-6-9-18-10-7-16/h2-3,12H,4-11H2,1H3. The summed E-state index contributed by atoms with van der Waals surface area (Å²) in [5, 5.41) is 0. The number of rotatable bonds is 3. The molecule has 0 aromatic heterocycles. The molecular weight excluding hydrogens is 240 g/mol. The maximum absolute atomic E-state index is 5.73. The predicted molar refractivity (Wildman–Crippen MR) is 76.1 cm³/mol. The first-order valence-electron chi connectivity index (χ1n) is 7.11. The molecule has 2 heterocycles. The zero-order chi connectivity index (χ0) is 13.1. The van der Waals surface area contributed by atoms with Crippen LogP contribution in [0, 0.1) is 6.92 Å². The lowest BCUT2D eigenvalue weighted by Gasteiger charge is -2.34. The lowest BCUT2D eigenvalue weighted by molar-refractivity contribution is 0.0390. The number of ether oxygens (including phenoxy) is 2. The fraction of sp³-hybridized carbons (Fsp3) is 0.600. The number of hydrogen-bond acceptors (Lipinski definition) is 4. The van der Waals surface area contributed by atoms with Crippen LogP contribution in [-0.2, 0) is 4.74 Å². The Kier molecular flexibility index (Phi) is 3.89. The molecule has 0 aliphatic carbocycles. The molecule has 1 saturated heterocycles. The molecular formula is C15H22N2O2. The summed E-state index contributed by atoms with van der Waals surface area (Å²) in [5.41, 5.74) is 2.54. The topological polar surface area (TPSA) is 24.9 Å². The number of aryl methyl sites for hydroxylation is 1. The molecule has 0 radical (unpaired) electrons. The molecule has 0 amide bonds. The van der Waals surface area contributed by atoms with Crippen molar-refractivity contribution < 1.29 is 9.47 Å². The summed E-state index contributed by atoms with van der Waals surface area (Å²) in [7, 11) is 0. The van der Waals surface area contributed by atoms with Crippen molar-refractivity contribution in [1.29, 1.82) is 0 Å². The number of fused-ring (bicyclic) bond motifs is 1. The van der Waals surface area contributed by atoms with Gasteiger partial charge in [-0.1, -0.05) is 6.07 Å². The van der Waals surface area contributed by atoms with Crippen LogP contribution in [0.25, 0.3) is 0 Å². The zero-order valence-electron chi connectivity index (χ0n) is 11.6. The maximum atomic E-state index is 5.73. The van der Waals surface area contributed by atoms with Crippen LogP contribution in [0.15, 0.2) is 18.2 Å². The average molecular weight is 262 g/mol. The van der Waals surface area contributed by atoms with E-state index in [1.54, 1.807) is 0 Å². The van der Waals surface area contributed by atoms with E-state index in [-0.39, 0.29) is 0 Å². The monoisotopic (exact) mass is 262 g/mol. The quantitative estimate of drug-likeness (QED) is 0.824. The minimum absolute atomic E-state index is 0.791. The van der Waals surface area contributed by atoms with Gasteiger partial charge in [-0.15, -0.1) is 0 Å². The summed E-state index contributed by atoms with van der Waals surface area (Å²) < 4.78 is 11.1. The summed E-state index contributed by atoms with van der Waals surface area (Å²) in [6.45, 7) is 9.96. The molecule has 4 heteroatoms. The molecule has 0 N–H and O–H groups in total. The van der Waals surface area contributed by atoms with Crippen LogP contribution in [0.1, 0.15) is 5.56 Å². The summed E-state index contributed by atoms with van der Waals surface area (Å²) in [6, 6.07) is 6.43. The highest BCUT2D eigenvalue weighted by atomic mass is 16.5. The molecule has 19 heavy (non-hydrogen) atoms. The fourth-order valence-electron chi connectivity index (χ4n) is 2.70. The van der Waals surface area contributed by atoms with Crippen LogP contribution in [0.4, 0.5) is 5.69 Å². The van der Waals surface area contributed by atoms with Gasteiger partial charge in [-0.25, -0.2) is 0 Å². The molecule has 0 bridgehead atoms. The Morgan fingerprint density at radius 3 is 2.74 bits per heavy atom. The summed E-state index contributed by atoms with van der Waals surface area (Å²) in [5.74, 6) is 1.03. The molecule has 2 aliphatic heterocycles. The largest absolute Gasteiger partial charge is 0.490 e. The van der Waals surface area contributed by atoms with Crippen molar-refractivity contribution in [3.63, 3.8) is 0 Å². The van der Waals surface area contributed by atoms with Crippen molar-refractivity contribution in [2.24, 2.45) is 0 Å². The van der Waals surface area contributed by atoms with E-state index in [2.05, 4.69) is 34.9 Å². The van der Waals surface area contributed by atoms with Gasteiger partial charge >= 0.3 is 0 Å². The molecule has 1 aromatic rings. The number of nitrogens with zero attached hydrogens (tertiary/aromatic N) is 2. The first-order valence-corrected chi connectivity index (χ1v) is 7.11. The van der Waals surface area contributed by atoms with E-state index < -0.39 is 0 Å². The Bertz CT molecular complexity index is 430. The Hall–Kier alpha value is -1.26. The Morgan fingerprint density at radius 2 is 1.89 bits per heavy atom. The summed E-state index contributed by atoms with van der Waals surface area (Å²) in [4.78, 5) is 4.93. The third kappa shape index (κ3) is 3.01. The number of morpholine rings is 1. The second-order valence-electron chi connectivity index (χ2n) is 5.26. The second kappa shape index (κ2) is 5.80. The second-order valence-corrected chi connectivity index (χ2v) is 5.26. The number of benzene rings is 1. The maximum Gasteiger partial charge on any atom is 0.142 e. The van der Waals surface area contributed by atoms with Crippen molar-refractivity contribution >= 4 is 5.69 Å². The predicted octanol–water partition coefficient (Wildman–Crippen LogP) is 1.53. The van der Waals surface area contributed by atoms with Crippen molar-refractivity contribution in [1.82, 2.24) is 4.90 Å². The van der Waals surface area contributed by atoms with Gasteiger partial charge in [0, 0.05) is 26.2 Å². The van der Waals surface area contributed by atoms with Gasteiger partial charge < -0.3 is 14.4 Å². The minimum Gasteiger partial charge on any atom is -0.490 e. The summed E-state index contributed by atoms with van der Waals surface area (Å²) in [6.07, 6.45) is 0.